The molecule has 1 unspecified atom stereocenters. The maximum atomic E-state index is 12.7. The number of nitrogens with zero attached hydrogens (tertiary/aromatic N) is 1. The number of ether oxygens (including phenoxy) is 1. The van der Waals surface area contributed by atoms with Crippen LogP contribution < -0.4 is 10.1 Å². The van der Waals surface area contributed by atoms with Crippen molar-refractivity contribution in [2.45, 2.75) is 26.1 Å². The molecular weight excluding hydrogens is 286 g/mol. The molecule has 1 N–H and O–H groups in total. The summed E-state index contributed by atoms with van der Waals surface area (Å²) in [5, 5.41) is 5.41. The highest BCUT2D eigenvalue weighted by atomic mass is 19.3. The smallest absolute Gasteiger partial charge is 0.387 e. The van der Waals surface area contributed by atoms with Gasteiger partial charge in [0.05, 0.1) is 0 Å². The van der Waals surface area contributed by atoms with Crippen molar-refractivity contribution in [3.8, 4) is 5.75 Å². The zero-order valence-electron chi connectivity index (χ0n) is 12.6. The molecule has 3 nitrogen and oxygen atoms in total. The van der Waals surface area contributed by atoms with E-state index >= 15 is 0 Å². The lowest BCUT2D eigenvalue weighted by Crippen LogP contribution is -2.48. The van der Waals surface area contributed by atoms with Crippen molar-refractivity contribution in [1.82, 2.24) is 10.2 Å². The summed E-state index contributed by atoms with van der Waals surface area (Å²) in [6, 6.07) is 11.7. The minimum absolute atomic E-state index is 0.278. The molecule has 0 saturated carbocycles. The normalized spacial score (nSPS) is 19.7. The first-order valence-corrected chi connectivity index (χ1v) is 7.54. The zero-order valence-corrected chi connectivity index (χ0v) is 12.6. The maximum absolute atomic E-state index is 12.7. The molecule has 1 saturated heterocycles. The van der Waals surface area contributed by atoms with Crippen molar-refractivity contribution >= 4 is 10.8 Å². The fourth-order valence-electron chi connectivity index (χ4n) is 3.06. The first-order valence-electron chi connectivity index (χ1n) is 7.54. The summed E-state index contributed by atoms with van der Waals surface area (Å²) in [6.07, 6.45) is 0. The standard InChI is InChI=1S/C17H20F2N2O/c1-12-10-21(9-8-20-12)11-15-14-5-3-2-4-13(14)6-7-16(15)22-17(18)19/h2-7,12,17,20H,8-11H2,1H3. The third-order valence-corrected chi connectivity index (χ3v) is 4.05. The van der Waals surface area contributed by atoms with Crippen LogP contribution in [-0.2, 0) is 6.54 Å². The molecular formula is C17H20F2N2O. The van der Waals surface area contributed by atoms with Crippen LogP contribution in [0.25, 0.3) is 10.8 Å². The van der Waals surface area contributed by atoms with Gasteiger partial charge >= 0.3 is 6.61 Å². The first-order chi connectivity index (χ1) is 10.6. The second kappa shape index (κ2) is 6.58. The summed E-state index contributed by atoms with van der Waals surface area (Å²) in [6.45, 7) is 2.67. The molecule has 0 radical (unpaired) electrons. The van der Waals surface area contributed by atoms with Crippen molar-refractivity contribution in [1.29, 1.82) is 0 Å². The lowest BCUT2D eigenvalue weighted by atomic mass is 10.0. The second-order valence-electron chi connectivity index (χ2n) is 5.73. The van der Waals surface area contributed by atoms with Crippen molar-refractivity contribution in [3.05, 3.63) is 42.0 Å². The molecule has 118 valence electrons. The van der Waals surface area contributed by atoms with Gasteiger partial charge < -0.3 is 10.1 Å². The third-order valence-electron chi connectivity index (χ3n) is 4.05. The van der Waals surface area contributed by atoms with Gasteiger partial charge in [0.25, 0.3) is 0 Å². The van der Waals surface area contributed by atoms with Crippen LogP contribution in [0.3, 0.4) is 0 Å². The molecule has 3 rings (SSSR count). The molecule has 1 aliphatic rings. The van der Waals surface area contributed by atoms with Gasteiger partial charge in [-0.2, -0.15) is 8.78 Å². The van der Waals surface area contributed by atoms with Gasteiger partial charge in [0, 0.05) is 37.8 Å². The SMILES string of the molecule is CC1CN(Cc2c(OC(F)F)ccc3ccccc23)CCN1. The lowest BCUT2D eigenvalue weighted by Gasteiger charge is -2.32. The predicted molar refractivity (Wildman–Crippen MR) is 83.3 cm³/mol. The minimum atomic E-state index is -2.80. The highest BCUT2D eigenvalue weighted by Crippen LogP contribution is 2.30. The Kier molecular flexibility index (Phi) is 4.55. The Hall–Kier alpha value is -1.72. The molecule has 22 heavy (non-hydrogen) atoms. The Morgan fingerprint density at radius 3 is 2.86 bits per heavy atom. The van der Waals surface area contributed by atoms with E-state index in [1.165, 1.54) is 0 Å². The lowest BCUT2D eigenvalue weighted by molar-refractivity contribution is -0.0507. The molecule has 0 aromatic heterocycles. The van der Waals surface area contributed by atoms with E-state index in [1.807, 2.05) is 30.3 Å². The molecule has 0 bridgehead atoms. The molecule has 1 heterocycles. The van der Waals surface area contributed by atoms with Gasteiger partial charge in [0.1, 0.15) is 5.75 Å². The Labute approximate surface area is 128 Å². The maximum Gasteiger partial charge on any atom is 0.387 e. The largest absolute Gasteiger partial charge is 0.434 e. The number of alkyl halides is 2. The van der Waals surface area contributed by atoms with Crippen molar-refractivity contribution in [2.24, 2.45) is 0 Å². The molecule has 0 amide bonds. The number of fused-ring (bicyclic) bond motifs is 1. The van der Waals surface area contributed by atoms with Crippen LogP contribution in [0.15, 0.2) is 36.4 Å². The average Bonchev–Trinajstić information content (AvgIpc) is 2.49. The number of nitrogens with one attached hydrogen (secondary N) is 1. The topological polar surface area (TPSA) is 24.5 Å². The van der Waals surface area contributed by atoms with Gasteiger partial charge in [0.15, 0.2) is 0 Å². The summed E-state index contributed by atoms with van der Waals surface area (Å²) < 4.78 is 30.1. The second-order valence-corrected chi connectivity index (χ2v) is 5.73. The summed E-state index contributed by atoms with van der Waals surface area (Å²) in [7, 11) is 0. The number of benzene rings is 2. The van der Waals surface area contributed by atoms with E-state index in [0.717, 1.165) is 36.0 Å². The molecule has 5 heteroatoms. The van der Waals surface area contributed by atoms with Crippen molar-refractivity contribution in [3.63, 3.8) is 0 Å². The van der Waals surface area contributed by atoms with Gasteiger partial charge in [-0.3, -0.25) is 4.90 Å². The fourth-order valence-corrected chi connectivity index (χ4v) is 3.06. The summed E-state index contributed by atoms with van der Waals surface area (Å²) in [5.41, 5.74) is 0.840. The summed E-state index contributed by atoms with van der Waals surface area (Å²) in [5.74, 6) is 0.278. The van der Waals surface area contributed by atoms with Gasteiger partial charge in [-0.05, 0) is 23.8 Å². The highest BCUT2D eigenvalue weighted by molar-refractivity contribution is 5.87. The van der Waals surface area contributed by atoms with E-state index in [4.69, 9.17) is 4.74 Å². The van der Waals surface area contributed by atoms with Gasteiger partial charge in [-0.1, -0.05) is 30.3 Å². The van der Waals surface area contributed by atoms with Crippen LogP contribution in [0, 0.1) is 0 Å². The molecule has 1 atom stereocenters. The van der Waals surface area contributed by atoms with Crippen LogP contribution in [0.1, 0.15) is 12.5 Å². The third kappa shape index (κ3) is 3.36. The molecule has 1 fully saturated rings. The number of piperazine rings is 1. The van der Waals surface area contributed by atoms with Crippen LogP contribution in [0.4, 0.5) is 8.78 Å². The van der Waals surface area contributed by atoms with Crippen LogP contribution in [0.2, 0.25) is 0 Å². The van der Waals surface area contributed by atoms with E-state index in [1.54, 1.807) is 6.07 Å². The molecule has 2 aromatic rings. The fraction of sp³-hybridized carbons (Fsp3) is 0.412. The highest BCUT2D eigenvalue weighted by Gasteiger charge is 2.19. The molecule has 0 spiro atoms. The quantitative estimate of drug-likeness (QED) is 0.938. The Bertz CT molecular complexity index is 648. The molecule has 1 aliphatic heterocycles. The van der Waals surface area contributed by atoms with E-state index in [0.29, 0.717) is 12.6 Å². The molecule has 0 aliphatic carbocycles. The Morgan fingerprint density at radius 2 is 2.09 bits per heavy atom. The zero-order chi connectivity index (χ0) is 15.5. The number of hydrogen-bond acceptors (Lipinski definition) is 3. The van der Waals surface area contributed by atoms with E-state index in [-0.39, 0.29) is 5.75 Å². The number of halogens is 2. The number of hydrogen-bond donors (Lipinski definition) is 1. The van der Waals surface area contributed by atoms with E-state index in [9.17, 15) is 8.78 Å². The monoisotopic (exact) mass is 306 g/mol. The number of rotatable bonds is 4. The van der Waals surface area contributed by atoms with Gasteiger partial charge in [-0.25, -0.2) is 0 Å². The Balaban J connectivity index is 1.96. The first kappa shape index (κ1) is 15.2. The van der Waals surface area contributed by atoms with E-state index < -0.39 is 6.61 Å². The summed E-state index contributed by atoms with van der Waals surface area (Å²) >= 11 is 0. The van der Waals surface area contributed by atoms with Crippen LogP contribution >= 0.6 is 0 Å². The van der Waals surface area contributed by atoms with Crippen molar-refractivity contribution in [2.75, 3.05) is 19.6 Å². The van der Waals surface area contributed by atoms with Gasteiger partial charge in [-0.15, -0.1) is 0 Å². The Morgan fingerprint density at radius 1 is 1.27 bits per heavy atom. The molecule has 2 aromatic carbocycles. The van der Waals surface area contributed by atoms with Crippen molar-refractivity contribution < 1.29 is 13.5 Å². The minimum Gasteiger partial charge on any atom is -0.434 e. The van der Waals surface area contributed by atoms with Crippen LogP contribution in [-0.4, -0.2) is 37.2 Å². The van der Waals surface area contributed by atoms with Gasteiger partial charge in [0.2, 0.25) is 0 Å². The average molecular weight is 306 g/mol. The van der Waals surface area contributed by atoms with E-state index in [2.05, 4.69) is 17.1 Å². The predicted octanol–water partition coefficient (Wildman–Crippen LogP) is 3.23. The summed E-state index contributed by atoms with van der Waals surface area (Å²) in [4.78, 5) is 2.28. The van der Waals surface area contributed by atoms with Crippen LogP contribution in [0.5, 0.6) is 5.75 Å².